The predicted molar refractivity (Wildman–Crippen MR) is 148 cm³/mol. The van der Waals surface area contributed by atoms with Gasteiger partial charge in [0.15, 0.2) is 5.78 Å². The topological polar surface area (TPSA) is 86.7 Å². The van der Waals surface area contributed by atoms with Crippen LogP contribution in [0.1, 0.15) is 43.1 Å². The monoisotopic (exact) mass is 521 g/mol. The number of aromatic nitrogens is 2. The summed E-state index contributed by atoms with van der Waals surface area (Å²) in [5.41, 5.74) is 5.17. The number of benzene rings is 2. The summed E-state index contributed by atoms with van der Waals surface area (Å²) in [4.78, 5) is 24.0. The summed E-state index contributed by atoms with van der Waals surface area (Å²) in [6, 6.07) is 15.7. The lowest BCUT2D eigenvalue weighted by atomic mass is 10.0. The molecule has 0 N–H and O–H groups in total. The molecule has 0 aliphatic carbocycles. The number of carbonyl (C=O) groups excluding carboxylic acids is 1. The lowest BCUT2D eigenvalue weighted by Gasteiger charge is -2.36. The highest BCUT2D eigenvalue weighted by Crippen LogP contribution is 2.31. The van der Waals surface area contributed by atoms with E-state index in [0.717, 1.165) is 33.9 Å². The molecule has 0 spiro atoms. The van der Waals surface area contributed by atoms with Crippen LogP contribution in [0.25, 0.3) is 22.5 Å². The third-order valence-corrected chi connectivity index (χ3v) is 8.99. The molecule has 1 aliphatic heterocycles. The van der Waals surface area contributed by atoms with Gasteiger partial charge in [-0.05, 0) is 6.92 Å². The van der Waals surface area contributed by atoms with Gasteiger partial charge in [0.2, 0.25) is 0 Å². The Labute approximate surface area is 220 Å². The van der Waals surface area contributed by atoms with Crippen molar-refractivity contribution in [2.24, 2.45) is 0 Å². The van der Waals surface area contributed by atoms with E-state index < -0.39 is 10.2 Å². The molecular formula is C28H35N5O3S. The van der Waals surface area contributed by atoms with Crippen LogP contribution in [0.2, 0.25) is 0 Å². The number of rotatable bonds is 9. The van der Waals surface area contributed by atoms with Gasteiger partial charge >= 0.3 is 0 Å². The Morgan fingerprint density at radius 3 is 2.00 bits per heavy atom. The van der Waals surface area contributed by atoms with Crippen molar-refractivity contribution in [2.75, 3.05) is 44.2 Å². The average Bonchev–Trinajstić information content (AvgIpc) is 2.93. The van der Waals surface area contributed by atoms with Gasteiger partial charge in [0.05, 0.1) is 17.6 Å². The van der Waals surface area contributed by atoms with Crippen molar-refractivity contribution in [1.82, 2.24) is 18.6 Å². The molecule has 1 saturated heterocycles. The Morgan fingerprint density at radius 1 is 0.865 bits per heavy atom. The van der Waals surface area contributed by atoms with Crippen LogP contribution in [0.5, 0.6) is 0 Å². The van der Waals surface area contributed by atoms with Gasteiger partial charge in [0.1, 0.15) is 5.82 Å². The summed E-state index contributed by atoms with van der Waals surface area (Å²) in [6.07, 6.45) is 2.22. The molecular weight excluding hydrogens is 486 g/mol. The molecule has 8 nitrogen and oxygen atoms in total. The molecule has 0 amide bonds. The number of aryl methyl sites for hydroxylation is 1. The van der Waals surface area contributed by atoms with E-state index in [4.69, 9.17) is 9.97 Å². The highest BCUT2D eigenvalue weighted by molar-refractivity contribution is 7.86. The van der Waals surface area contributed by atoms with Crippen molar-refractivity contribution >= 4 is 21.8 Å². The van der Waals surface area contributed by atoms with Gasteiger partial charge in [0, 0.05) is 62.4 Å². The summed E-state index contributed by atoms with van der Waals surface area (Å²) in [7, 11) is -3.46. The maximum absolute atomic E-state index is 12.9. The van der Waals surface area contributed by atoms with Crippen molar-refractivity contribution in [3.05, 3.63) is 65.9 Å². The van der Waals surface area contributed by atoms with Crippen molar-refractivity contribution in [1.29, 1.82) is 0 Å². The van der Waals surface area contributed by atoms with E-state index in [1.807, 2.05) is 76.2 Å². The number of piperazine rings is 1. The number of hydrogen-bond donors (Lipinski definition) is 0. The molecule has 1 fully saturated rings. The Morgan fingerprint density at radius 2 is 1.43 bits per heavy atom. The zero-order valence-corrected chi connectivity index (χ0v) is 22.8. The second-order valence-corrected chi connectivity index (χ2v) is 11.1. The van der Waals surface area contributed by atoms with Crippen molar-refractivity contribution in [3.63, 3.8) is 0 Å². The predicted octanol–water partition coefficient (Wildman–Crippen LogP) is 4.42. The van der Waals surface area contributed by atoms with E-state index >= 15 is 0 Å². The number of hydrogen-bond acceptors (Lipinski definition) is 6. The number of nitrogens with zero attached hydrogens (tertiary/aromatic N) is 5. The second-order valence-electron chi connectivity index (χ2n) is 9.12. The average molecular weight is 522 g/mol. The Hall–Kier alpha value is -3.14. The molecule has 4 rings (SSSR count). The minimum atomic E-state index is -3.46. The number of Topliss-reactive ketones (excluding diaryl/α,β-unsaturated/α-hetero) is 1. The minimum Gasteiger partial charge on any atom is -0.353 e. The van der Waals surface area contributed by atoms with Crippen LogP contribution in [0.3, 0.4) is 0 Å². The van der Waals surface area contributed by atoms with Gasteiger partial charge in [-0.2, -0.15) is 17.0 Å². The van der Waals surface area contributed by atoms with Crippen LogP contribution in [-0.2, 0) is 10.2 Å². The van der Waals surface area contributed by atoms with Crippen LogP contribution >= 0.6 is 0 Å². The molecule has 2 heterocycles. The fraction of sp³-hybridized carbons (Fsp3) is 0.393. The first kappa shape index (κ1) is 26.9. The molecule has 196 valence electrons. The summed E-state index contributed by atoms with van der Waals surface area (Å²) in [6.45, 7) is 10.4. The lowest BCUT2D eigenvalue weighted by molar-refractivity contribution is 0.0988. The number of ketones is 1. The highest BCUT2D eigenvalue weighted by Gasteiger charge is 2.31. The summed E-state index contributed by atoms with van der Waals surface area (Å²) >= 11 is 0. The molecule has 2 aromatic carbocycles. The van der Waals surface area contributed by atoms with Gasteiger partial charge in [-0.15, -0.1) is 0 Å². The van der Waals surface area contributed by atoms with Gasteiger partial charge < -0.3 is 4.90 Å². The molecule has 0 saturated carbocycles. The molecule has 0 unspecified atom stereocenters. The first-order valence-corrected chi connectivity index (χ1v) is 14.3. The molecule has 37 heavy (non-hydrogen) atoms. The molecule has 1 aromatic heterocycles. The number of anilines is 1. The third kappa shape index (κ3) is 5.74. The molecule has 0 radical (unpaired) electrons. The van der Waals surface area contributed by atoms with E-state index in [9.17, 15) is 13.2 Å². The fourth-order valence-electron chi connectivity index (χ4n) is 4.54. The molecule has 0 atom stereocenters. The number of carbonyl (C=O) groups is 1. The van der Waals surface area contributed by atoms with Crippen LogP contribution in [-0.4, -0.2) is 72.0 Å². The highest BCUT2D eigenvalue weighted by atomic mass is 32.2. The standard InChI is InChI=1S/C28H35N5O3S/c1-5-25(34)22-12-14-23(15-13-22)27-28(24-10-8-21(4)9-11-24)30-26(20-29-27)31-16-18-33(19-17-31)37(35,36)32(6-2)7-3/h8-15,20H,5-7,16-19H2,1-4H3. The zero-order valence-electron chi connectivity index (χ0n) is 22.0. The molecule has 9 heteroatoms. The molecule has 3 aromatic rings. The minimum absolute atomic E-state index is 0.105. The Balaban J connectivity index is 1.64. The first-order valence-electron chi connectivity index (χ1n) is 12.9. The van der Waals surface area contributed by atoms with Gasteiger partial charge in [-0.3, -0.25) is 9.78 Å². The van der Waals surface area contributed by atoms with Crippen molar-refractivity contribution in [3.8, 4) is 22.5 Å². The van der Waals surface area contributed by atoms with Crippen molar-refractivity contribution in [2.45, 2.75) is 34.1 Å². The van der Waals surface area contributed by atoms with Crippen molar-refractivity contribution < 1.29 is 13.2 Å². The van der Waals surface area contributed by atoms with Crippen LogP contribution < -0.4 is 4.90 Å². The lowest BCUT2D eigenvalue weighted by Crippen LogP contribution is -2.53. The van der Waals surface area contributed by atoms with Gasteiger partial charge in [0.25, 0.3) is 10.2 Å². The second kappa shape index (κ2) is 11.5. The van der Waals surface area contributed by atoms with Crippen LogP contribution in [0.4, 0.5) is 5.82 Å². The van der Waals surface area contributed by atoms with Gasteiger partial charge in [-0.1, -0.05) is 74.9 Å². The smallest absolute Gasteiger partial charge is 0.282 e. The van der Waals surface area contributed by atoms with E-state index in [1.165, 1.54) is 4.31 Å². The molecule has 1 aliphatic rings. The quantitative estimate of drug-likeness (QED) is 0.388. The maximum Gasteiger partial charge on any atom is 0.282 e. The van der Waals surface area contributed by atoms with E-state index in [0.29, 0.717) is 51.3 Å². The molecule has 0 bridgehead atoms. The van der Waals surface area contributed by atoms with Gasteiger partial charge in [-0.25, -0.2) is 4.98 Å². The normalized spacial score (nSPS) is 14.8. The van der Waals surface area contributed by atoms with E-state index in [2.05, 4.69) is 4.90 Å². The first-order chi connectivity index (χ1) is 17.8. The van der Waals surface area contributed by atoms with E-state index in [1.54, 1.807) is 10.5 Å². The Kier molecular flexibility index (Phi) is 8.36. The summed E-state index contributed by atoms with van der Waals surface area (Å²) in [5.74, 6) is 0.825. The summed E-state index contributed by atoms with van der Waals surface area (Å²) in [5, 5.41) is 0. The SMILES string of the molecule is CCC(=O)c1ccc(-c2ncc(N3CCN(S(=O)(=O)N(CC)CC)CC3)nc2-c2ccc(C)cc2)cc1. The van der Waals surface area contributed by atoms with Crippen LogP contribution in [0, 0.1) is 6.92 Å². The Bertz CT molecular complexity index is 1330. The largest absolute Gasteiger partial charge is 0.353 e. The summed E-state index contributed by atoms with van der Waals surface area (Å²) < 4.78 is 28.9. The third-order valence-electron chi connectivity index (χ3n) is 6.81. The maximum atomic E-state index is 12.9. The zero-order chi connectivity index (χ0) is 26.6. The fourth-order valence-corrected chi connectivity index (χ4v) is 6.14. The van der Waals surface area contributed by atoms with Crippen LogP contribution in [0.15, 0.2) is 54.7 Å². The van der Waals surface area contributed by atoms with E-state index in [-0.39, 0.29) is 5.78 Å².